The highest BCUT2D eigenvalue weighted by Crippen LogP contribution is 2.44. The first kappa shape index (κ1) is 22.0. The van der Waals surface area contributed by atoms with E-state index in [1.54, 1.807) is 0 Å². The lowest BCUT2D eigenvalue weighted by Gasteiger charge is -2.18. The van der Waals surface area contributed by atoms with Crippen LogP contribution in [0.5, 0.6) is 0 Å². The highest BCUT2D eigenvalue weighted by molar-refractivity contribution is 6.21. The molecule has 3 aromatic carbocycles. The van der Waals surface area contributed by atoms with Crippen LogP contribution in [0.2, 0.25) is 0 Å². The molecule has 0 fully saturated rings. The van der Waals surface area contributed by atoms with Crippen molar-refractivity contribution < 1.29 is 0 Å². The Morgan fingerprint density at radius 3 is 1.03 bits per heavy atom. The number of nitrogens with zero attached hydrogens (tertiary/aromatic N) is 4. The maximum Gasteiger partial charge on any atom is 0.0347 e. The van der Waals surface area contributed by atoms with Crippen molar-refractivity contribution in [3.8, 4) is 44.5 Å². The third-order valence-corrected chi connectivity index (χ3v) is 7.01. The van der Waals surface area contributed by atoms with Crippen LogP contribution >= 0.6 is 0 Å². The molecule has 0 aliphatic rings. The minimum absolute atomic E-state index is 1.07. The Kier molecular flexibility index (Phi) is 5.41. The first-order valence-corrected chi connectivity index (χ1v) is 12.5. The average Bonchev–Trinajstić information content (AvgIpc) is 3.01. The van der Waals surface area contributed by atoms with Gasteiger partial charge in [-0.25, -0.2) is 0 Å². The van der Waals surface area contributed by atoms with E-state index in [4.69, 9.17) is 0 Å². The SMILES string of the molecule is c1ccc2c(-c3cncc(-c4ccncc4)c3)c3ccccc3c(-c3cncc(-c4ccncc4)c3)c2c1. The van der Waals surface area contributed by atoms with Crippen LogP contribution in [0, 0.1) is 0 Å². The zero-order valence-electron chi connectivity index (χ0n) is 20.5. The van der Waals surface area contributed by atoms with E-state index in [1.807, 2.05) is 73.8 Å². The lowest BCUT2D eigenvalue weighted by atomic mass is 9.86. The van der Waals surface area contributed by atoms with Crippen LogP contribution in [-0.2, 0) is 0 Å². The molecule has 0 aliphatic heterocycles. The molecular weight excluding hydrogens is 464 g/mol. The van der Waals surface area contributed by atoms with Crippen molar-refractivity contribution in [2.45, 2.75) is 0 Å². The summed E-state index contributed by atoms with van der Waals surface area (Å²) in [5, 5.41) is 4.74. The van der Waals surface area contributed by atoms with Crippen molar-refractivity contribution in [1.82, 2.24) is 19.9 Å². The minimum atomic E-state index is 1.07. The van der Waals surface area contributed by atoms with E-state index >= 15 is 0 Å². The molecule has 178 valence electrons. The Hall–Kier alpha value is -5.22. The van der Waals surface area contributed by atoms with E-state index in [2.05, 4.69) is 80.6 Å². The molecule has 0 aliphatic carbocycles. The van der Waals surface area contributed by atoms with E-state index in [9.17, 15) is 0 Å². The third kappa shape index (κ3) is 3.80. The number of benzene rings is 3. The summed E-state index contributed by atoms with van der Waals surface area (Å²) in [6, 6.07) is 29.8. The van der Waals surface area contributed by atoms with Crippen LogP contribution in [0.3, 0.4) is 0 Å². The zero-order valence-corrected chi connectivity index (χ0v) is 20.5. The highest BCUT2D eigenvalue weighted by atomic mass is 14.6. The van der Waals surface area contributed by atoms with E-state index in [-0.39, 0.29) is 0 Å². The van der Waals surface area contributed by atoms with Gasteiger partial charge in [0.1, 0.15) is 0 Å². The summed E-state index contributed by atoms with van der Waals surface area (Å²) in [5.41, 5.74) is 8.86. The first-order valence-electron chi connectivity index (χ1n) is 12.5. The van der Waals surface area contributed by atoms with Crippen LogP contribution in [0.25, 0.3) is 66.1 Å². The maximum absolute atomic E-state index is 4.64. The van der Waals surface area contributed by atoms with Crippen LogP contribution < -0.4 is 0 Å². The second kappa shape index (κ2) is 9.34. The molecule has 4 heteroatoms. The van der Waals surface area contributed by atoms with Crippen molar-refractivity contribution in [2.75, 3.05) is 0 Å². The van der Waals surface area contributed by atoms with Crippen LogP contribution in [0.15, 0.2) is 135 Å². The normalized spacial score (nSPS) is 11.2. The first-order chi connectivity index (χ1) is 18.9. The molecule has 0 saturated heterocycles. The summed E-state index contributed by atoms with van der Waals surface area (Å²) >= 11 is 0. The smallest absolute Gasteiger partial charge is 0.0347 e. The zero-order chi connectivity index (χ0) is 25.3. The van der Waals surface area contributed by atoms with Gasteiger partial charge >= 0.3 is 0 Å². The van der Waals surface area contributed by atoms with Gasteiger partial charge in [0, 0.05) is 71.8 Å². The molecule has 0 N–H and O–H groups in total. The predicted molar refractivity (Wildman–Crippen MR) is 154 cm³/mol. The number of hydrogen-bond donors (Lipinski definition) is 0. The molecule has 4 aromatic heterocycles. The maximum atomic E-state index is 4.64. The monoisotopic (exact) mass is 486 g/mol. The summed E-state index contributed by atoms with van der Waals surface area (Å²) in [6.07, 6.45) is 15.0. The lowest BCUT2D eigenvalue weighted by molar-refractivity contribution is 1.30. The fourth-order valence-corrected chi connectivity index (χ4v) is 5.31. The Morgan fingerprint density at radius 1 is 0.316 bits per heavy atom. The van der Waals surface area contributed by atoms with E-state index < -0.39 is 0 Å². The van der Waals surface area contributed by atoms with Gasteiger partial charge in [-0.2, -0.15) is 0 Å². The Labute approximate surface area is 220 Å². The van der Waals surface area contributed by atoms with Gasteiger partial charge < -0.3 is 0 Å². The predicted octanol–water partition coefficient (Wildman–Crippen LogP) is 8.24. The summed E-state index contributed by atoms with van der Waals surface area (Å²) in [6.45, 7) is 0. The van der Waals surface area contributed by atoms with Crippen LogP contribution in [-0.4, -0.2) is 19.9 Å². The quantitative estimate of drug-likeness (QED) is 0.235. The third-order valence-electron chi connectivity index (χ3n) is 7.01. The topological polar surface area (TPSA) is 51.6 Å². The summed E-state index contributed by atoms with van der Waals surface area (Å²) in [4.78, 5) is 17.6. The molecule has 0 spiro atoms. The van der Waals surface area contributed by atoms with Crippen molar-refractivity contribution >= 4 is 21.5 Å². The Morgan fingerprint density at radius 2 is 0.658 bits per heavy atom. The van der Waals surface area contributed by atoms with E-state index in [0.717, 1.165) is 33.4 Å². The average molecular weight is 487 g/mol. The molecule has 0 unspecified atom stereocenters. The number of rotatable bonds is 4. The fourth-order valence-electron chi connectivity index (χ4n) is 5.31. The second-order valence-electron chi connectivity index (χ2n) is 9.24. The highest BCUT2D eigenvalue weighted by Gasteiger charge is 2.17. The Balaban J connectivity index is 1.51. The molecule has 7 aromatic rings. The molecule has 0 atom stereocenters. The van der Waals surface area contributed by atoms with Crippen molar-refractivity contribution in [3.05, 3.63) is 135 Å². The van der Waals surface area contributed by atoms with Gasteiger partial charge in [0.2, 0.25) is 0 Å². The molecular formula is C34H22N4. The van der Waals surface area contributed by atoms with Crippen molar-refractivity contribution in [2.24, 2.45) is 0 Å². The second-order valence-corrected chi connectivity index (χ2v) is 9.24. The van der Waals surface area contributed by atoms with Gasteiger partial charge in [-0.1, -0.05) is 48.5 Å². The molecule has 0 amide bonds. The lowest BCUT2D eigenvalue weighted by Crippen LogP contribution is -1.93. The van der Waals surface area contributed by atoms with Crippen molar-refractivity contribution in [3.63, 3.8) is 0 Å². The number of hydrogen-bond acceptors (Lipinski definition) is 4. The van der Waals surface area contributed by atoms with Gasteiger partial charge in [0.05, 0.1) is 0 Å². The minimum Gasteiger partial charge on any atom is -0.265 e. The molecule has 4 heterocycles. The molecule has 0 radical (unpaired) electrons. The molecule has 0 saturated carbocycles. The van der Waals surface area contributed by atoms with E-state index in [0.29, 0.717) is 0 Å². The van der Waals surface area contributed by atoms with Gasteiger partial charge in [-0.3, -0.25) is 19.9 Å². The standard InChI is InChI=1S/C34H22N4/c1-2-6-30-29(5-1)33(27-17-25(19-37-21-27)23-9-13-35-14-10-23)31-7-3-4-8-32(31)34(30)28-18-26(20-38-22-28)24-11-15-36-16-12-24/h1-22H. The number of pyridine rings is 4. The molecule has 7 rings (SSSR count). The molecule has 4 nitrogen and oxygen atoms in total. The van der Waals surface area contributed by atoms with Gasteiger partial charge in [-0.15, -0.1) is 0 Å². The largest absolute Gasteiger partial charge is 0.265 e. The fraction of sp³-hybridized carbons (Fsp3) is 0. The van der Waals surface area contributed by atoms with E-state index in [1.165, 1.54) is 32.7 Å². The summed E-state index contributed by atoms with van der Waals surface area (Å²) in [5.74, 6) is 0. The summed E-state index contributed by atoms with van der Waals surface area (Å²) < 4.78 is 0. The Bertz CT molecular complexity index is 1720. The van der Waals surface area contributed by atoms with Gasteiger partial charge in [0.25, 0.3) is 0 Å². The van der Waals surface area contributed by atoms with Gasteiger partial charge in [-0.05, 0) is 80.2 Å². The molecule has 38 heavy (non-hydrogen) atoms. The van der Waals surface area contributed by atoms with Gasteiger partial charge in [0.15, 0.2) is 0 Å². The van der Waals surface area contributed by atoms with Crippen LogP contribution in [0.1, 0.15) is 0 Å². The number of fused-ring (bicyclic) bond motifs is 2. The van der Waals surface area contributed by atoms with Crippen molar-refractivity contribution in [1.29, 1.82) is 0 Å². The van der Waals surface area contributed by atoms with Crippen LogP contribution in [0.4, 0.5) is 0 Å². The number of aromatic nitrogens is 4. The summed E-state index contributed by atoms with van der Waals surface area (Å²) in [7, 11) is 0. The molecule has 0 bridgehead atoms.